The molecule has 2 aromatic carbocycles. The maximum atomic E-state index is 13.6. The summed E-state index contributed by atoms with van der Waals surface area (Å²) in [6.07, 6.45) is 2.05. The Kier molecular flexibility index (Phi) is 4.55. The highest BCUT2D eigenvalue weighted by atomic mass is 32.2. The van der Waals surface area contributed by atoms with E-state index in [0.717, 1.165) is 5.75 Å². The zero-order valence-corrected chi connectivity index (χ0v) is 11.7. The van der Waals surface area contributed by atoms with Gasteiger partial charge < -0.3 is 5.73 Å². The number of benzene rings is 2. The summed E-state index contributed by atoms with van der Waals surface area (Å²) >= 11 is 3.20. The van der Waals surface area contributed by atoms with Crippen LogP contribution >= 0.6 is 23.5 Å². The summed E-state index contributed by atoms with van der Waals surface area (Å²) in [7, 11) is 0. The van der Waals surface area contributed by atoms with Crippen molar-refractivity contribution in [2.45, 2.75) is 15.5 Å². The maximum absolute atomic E-state index is 13.6. The van der Waals surface area contributed by atoms with Gasteiger partial charge in [0.1, 0.15) is 5.82 Å². The second kappa shape index (κ2) is 6.16. The van der Waals surface area contributed by atoms with Gasteiger partial charge in [-0.3, -0.25) is 0 Å². The molecule has 4 heteroatoms. The molecule has 2 aromatic rings. The zero-order chi connectivity index (χ0) is 13.0. The summed E-state index contributed by atoms with van der Waals surface area (Å²) in [4.78, 5) is 1.88. The van der Waals surface area contributed by atoms with Gasteiger partial charge in [0.25, 0.3) is 0 Å². The van der Waals surface area contributed by atoms with Gasteiger partial charge in [-0.05, 0) is 42.2 Å². The molecule has 0 aliphatic heterocycles. The van der Waals surface area contributed by atoms with E-state index in [-0.39, 0.29) is 5.82 Å². The van der Waals surface area contributed by atoms with Crippen molar-refractivity contribution in [1.29, 1.82) is 0 Å². The molecule has 0 heterocycles. The van der Waals surface area contributed by atoms with Gasteiger partial charge in [0.2, 0.25) is 0 Å². The minimum Gasteiger partial charge on any atom is -0.399 e. The van der Waals surface area contributed by atoms with E-state index in [1.807, 2.05) is 6.26 Å². The minimum atomic E-state index is -0.249. The second-order valence-electron chi connectivity index (χ2n) is 3.83. The third-order valence-corrected chi connectivity index (χ3v) is 4.37. The first-order chi connectivity index (χ1) is 8.69. The molecule has 18 heavy (non-hydrogen) atoms. The average molecular weight is 279 g/mol. The van der Waals surface area contributed by atoms with E-state index in [0.29, 0.717) is 10.6 Å². The molecular weight excluding hydrogens is 265 g/mol. The quantitative estimate of drug-likeness (QED) is 0.662. The van der Waals surface area contributed by atoms with Crippen molar-refractivity contribution >= 4 is 29.2 Å². The Morgan fingerprint density at radius 2 is 1.83 bits per heavy atom. The molecule has 0 bridgehead atoms. The largest absolute Gasteiger partial charge is 0.399 e. The molecule has 0 atom stereocenters. The van der Waals surface area contributed by atoms with Gasteiger partial charge in [-0.15, -0.1) is 23.5 Å². The van der Waals surface area contributed by atoms with Crippen molar-refractivity contribution in [1.82, 2.24) is 0 Å². The first kappa shape index (κ1) is 13.3. The molecule has 0 amide bonds. The van der Waals surface area contributed by atoms with Crippen LogP contribution in [0.15, 0.2) is 52.3 Å². The van der Waals surface area contributed by atoms with Crippen LogP contribution in [-0.4, -0.2) is 6.26 Å². The van der Waals surface area contributed by atoms with Gasteiger partial charge in [0.05, 0.1) is 0 Å². The number of halogens is 1. The molecule has 0 aromatic heterocycles. The van der Waals surface area contributed by atoms with Crippen LogP contribution in [0.2, 0.25) is 0 Å². The summed E-state index contributed by atoms with van der Waals surface area (Å²) < 4.78 is 13.6. The molecule has 0 radical (unpaired) electrons. The standard InChI is InChI=1S/C14H14FNS2/c1-17-12-5-2-10(3-6-12)9-18-14-7-4-11(16)8-13(14)15/h2-8H,9,16H2,1H3. The summed E-state index contributed by atoms with van der Waals surface area (Å²) in [6.45, 7) is 0. The van der Waals surface area contributed by atoms with Crippen LogP contribution in [0.5, 0.6) is 0 Å². The van der Waals surface area contributed by atoms with Crippen molar-refractivity contribution in [2.75, 3.05) is 12.0 Å². The third-order valence-electron chi connectivity index (χ3n) is 2.51. The Hall–Kier alpha value is -1.13. The van der Waals surface area contributed by atoms with E-state index in [1.54, 1.807) is 23.9 Å². The van der Waals surface area contributed by atoms with Crippen LogP contribution in [0.3, 0.4) is 0 Å². The fraction of sp³-hybridized carbons (Fsp3) is 0.143. The highest BCUT2D eigenvalue weighted by Gasteiger charge is 2.03. The molecule has 0 fully saturated rings. The Bertz CT molecular complexity index is 526. The summed E-state index contributed by atoms with van der Waals surface area (Å²) in [5, 5.41) is 0. The van der Waals surface area contributed by atoms with Crippen molar-refractivity contribution in [3.8, 4) is 0 Å². The third kappa shape index (κ3) is 3.43. The zero-order valence-electron chi connectivity index (χ0n) is 10.0. The topological polar surface area (TPSA) is 26.0 Å². The molecule has 0 unspecified atom stereocenters. The van der Waals surface area contributed by atoms with Crippen LogP contribution in [-0.2, 0) is 5.75 Å². The van der Waals surface area contributed by atoms with Gasteiger partial charge in [-0.2, -0.15) is 0 Å². The number of anilines is 1. The van der Waals surface area contributed by atoms with Crippen LogP contribution in [0.4, 0.5) is 10.1 Å². The van der Waals surface area contributed by atoms with Crippen LogP contribution < -0.4 is 5.73 Å². The van der Waals surface area contributed by atoms with Gasteiger partial charge in [0.15, 0.2) is 0 Å². The van der Waals surface area contributed by atoms with Crippen molar-refractivity contribution < 1.29 is 4.39 Å². The lowest BCUT2D eigenvalue weighted by molar-refractivity contribution is 0.603. The van der Waals surface area contributed by atoms with E-state index in [9.17, 15) is 4.39 Å². The van der Waals surface area contributed by atoms with Gasteiger partial charge >= 0.3 is 0 Å². The lowest BCUT2D eigenvalue weighted by Gasteiger charge is -2.05. The molecule has 0 saturated carbocycles. The first-order valence-corrected chi connectivity index (χ1v) is 7.71. The average Bonchev–Trinajstić information content (AvgIpc) is 2.38. The number of thioether (sulfide) groups is 2. The Morgan fingerprint density at radius 1 is 1.11 bits per heavy atom. The van der Waals surface area contributed by atoms with Gasteiger partial charge in [0, 0.05) is 21.2 Å². The Morgan fingerprint density at radius 3 is 2.44 bits per heavy atom. The predicted octanol–water partition coefficient (Wildman–Crippen LogP) is 4.42. The van der Waals surface area contributed by atoms with E-state index in [2.05, 4.69) is 24.3 Å². The fourth-order valence-electron chi connectivity index (χ4n) is 1.52. The Labute approximate surface area is 115 Å². The van der Waals surface area contributed by atoms with E-state index < -0.39 is 0 Å². The van der Waals surface area contributed by atoms with Crippen LogP contribution in [0, 0.1) is 5.82 Å². The fourth-order valence-corrected chi connectivity index (χ4v) is 2.80. The number of nitrogens with two attached hydrogens (primary N) is 1. The van der Waals surface area contributed by atoms with Gasteiger partial charge in [-0.25, -0.2) is 4.39 Å². The molecule has 94 valence electrons. The van der Waals surface area contributed by atoms with E-state index in [1.165, 1.54) is 28.3 Å². The maximum Gasteiger partial charge on any atom is 0.138 e. The van der Waals surface area contributed by atoms with Crippen molar-refractivity contribution in [3.05, 3.63) is 53.8 Å². The van der Waals surface area contributed by atoms with E-state index in [4.69, 9.17) is 5.73 Å². The summed E-state index contributed by atoms with van der Waals surface area (Å²) in [6, 6.07) is 13.1. The monoisotopic (exact) mass is 279 g/mol. The van der Waals surface area contributed by atoms with Crippen molar-refractivity contribution in [2.24, 2.45) is 0 Å². The summed E-state index contributed by atoms with van der Waals surface area (Å²) in [5.74, 6) is 0.510. The lowest BCUT2D eigenvalue weighted by Crippen LogP contribution is -1.88. The molecule has 2 rings (SSSR count). The minimum absolute atomic E-state index is 0.249. The smallest absolute Gasteiger partial charge is 0.138 e. The van der Waals surface area contributed by atoms with Crippen LogP contribution in [0.1, 0.15) is 5.56 Å². The van der Waals surface area contributed by atoms with E-state index >= 15 is 0 Å². The number of nitrogen functional groups attached to an aromatic ring is 1. The highest BCUT2D eigenvalue weighted by Crippen LogP contribution is 2.27. The molecule has 0 aliphatic rings. The molecule has 0 saturated heterocycles. The highest BCUT2D eigenvalue weighted by molar-refractivity contribution is 7.98. The molecule has 0 spiro atoms. The van der Waals surface area contributed by atoms with Crippen molar-refractivity contribution in [3.63, 3.8) is 0 Å². The predicted molar refractivity (Wildman–Crippen MR) is 78.6 cm³/mol. The molecule has 1 nitrogen and oxygen atoms in total. The molecular formula is C14H14FNS2. The number of rotatable bonds is 4. The van der Waals surface area contributed by atoms with Crippen LogP contribution in [0.25, 0.3) is 0 Å². The first-order valence-electron chi connectivity index (χ1n) is 5.50. The molecule has 0 aliphatic carbocycles. The lowest BCUT2D eigenvalue weighted by atomic mass is 10.2. The Balaban J connectivity index is 2.02. The SMILES string of the molecule is CSc1ccc(CSc2ccc(N)cc2F)cc1. The molecule has 2 N–H and O–H groups in total. The number of hydrogen-bond donors (Lipinski definition) is 1. The number of hydrogen-bond acceptors (Lipinski definition) is 3. The summed E-state index contributed by atoms with van der Waals surface area (Å²) in [5.41, 5.74) is 7.16. The second-order valence-corrected chi connectivity index (χ2v) is 5.72. The van der Waals surface area contributed by atoms with Gasteiger partial charge in [-0.1, -0.05) is 12.1 Å². The normalized spacial score (nSPS) is 10.6.